The summed E-state index contributed by atoms with van der Waals surface area (Å²) in [6, 6.07) is 8.05. The van der Waals surface area contributed by atoms with E-state index < -0.39 is 0 Å². The van der Waals surface area contributed by atoms with Gasteiger partial charge < -0.3 is 5.32 Å². The lowest BCUT2D eigenvalue weighted by atomic mass is 10.2. The first kappa shape index (κ1) is 12.3. The number of hydrogen-bond donors (Lipinski definition) is 1. The highest BCUT2D eigenvalue weighted by Gasteiger charge is 2.09. The van der Waals surface area contributed by atoms with Crippen molar-refractivity contribution in [3.63, 3.8) is 0 Å². The predicted octanol–water partition coefficient (Wildman–Crippen LogP) is 4.21. The summed E-state index contributed by atoms with van der Waals surface area (Å²) < 4.78 is 13.9. The van der Waals surface area contributed by atoms with Gasteiger partial charge in [0, 0.05) is 5.69 Å². The monoisotopic (exact) mass is 313 g/mol. The standard InChI is InChI=1S/C12H9BrFNOS/c1-7-6-8(2-3-9(7)14)15-12(16)10-4-5-11(13)17-10/h2-6H,1H3,(H,15,16). The van der Waals surface area contributed by atoms with E-state index in [0.717, 1.165) is 3.79 Å². The molecule has 2 aromatic rings. The highest BCUT2D eigenvalue weighted by molar-refractivity contribution is 9.11. The van der Waals surface area contributed by atoms with Gasteiger partial charge in [-0.3, -0.25) is 4.79 Å². The van der Waals surface area contributed by atoms with Crippen LogP contribution < -0.4 is 5.32 Å². The van der Waals surface area contributed by atoms with Crippen LogP contribution in [0.2, 0.25) is 0 Å². The molecule has 0 spiro atoms. The average Bonchev–Trinajstić information content (AvgIpc) is 2.70. The van der Waals surface area contributed by atoms with Gasteiger partial charge in [-0.15, -0.1) is 11.3 Å². The number of halogens is 2. The molecule has 0 saturated heterocycles. The minimum atomic E-state index is -0.276. The molecule has 0 aliphatic rings. The molecular weight excluding hydrogens is 305 g/mol. The summed E-state index contributed by atoms with van der Waals surface area (Å²) in [5.41, 5.74) is 1.11. The van der Waals surface area contributed by atoms with E-state index in [0.29, 0.717) is 16.1 Å². The molecule has 1 aromatic carbocycles. The number of anilines is 1. The van der Waals surface area contributed by atoms with Gasteiger partial charge in [0.2, 0.25) is 0 Å². The molecule has 0 aliphatic heterocycles. The van der Waals surface area contributed by atoms with Gasteiger partial charge in [-0.25, -0.2) is 4.39 Å². The maximum absolute atomic E-state index is 13.0. The molecule has 0 fully saturated rings. The molecule has 0 unspecified atom stereocenters. The maximum Gasteiger partial charge on any atom is 0.265 e. The van der Waals surface area contributed by atoms with Crippen LogP contribution in [0.4, 0.5) is 10.1 Å². The molecule has 0 saturated carbocycles. The van der Waals surface area contributed by atoms with Gasteiger partial charge in [0.1, 0.15) is 5.82 Å². The molecule has 0 aliphatic carbocycles. The Bertz CT molecular complexity index is 567. The van der Waals surface area contributed by atoms with E-state index in [-0.39, 0.29) is 11.7 Å². The maximum atomic E-state index is 13.0. The summed E-state index contributed by atoms with van der Waals surface area (Å²) in [6.45, 7) is 1.66. The van der Waals surface area contributed by atoms with Gasteiger partial charge >= 0.3 is 0 Å². The normalized spacial score (nSPS) is 10.3. The fourth-order valence-corrected chi connectivity index (χ4v) is 2.63. The number of hydrogen-bond acceptors (Lipinski definition) is 2. The molecule has 1 aromatic heterocycles. The van der Waals surface area contributed by atoms with E-state index in [1.54, 1.807) is 25.1 Å². The summed E-state index contributed by atoms with van der Waals surface area (Å²) in [4.78, 5) is 12.4. The largest absolute Gasteiger partial charge is 0.321 e. The second kappa shape index (κ2) is 4.98. The summed E-state index contributed by atoms with van der Waals surface area (Å²) in [5, 5.41) is 2.72. The SMILES string of the molecule is Cc1cc(NC(=O)c2ccc(Br)s2)ccc1F. The van der Waals surface area contributed by atoms with Crippen LogP contribution in [0.15, 0.2) is 34.1 Å². The van der Waals surface area contributed by atoms with E-state index >= 15 is 0 Å². The predicted molar refractivity (Wildman–Crippen MR) is 71.1 cm³/mol. The molecule has 1 amide bonds. The van der Waals surface area contributed by atoms with Crippen molar-refractivity contribution in [3.8, 4) is 0 Å². The number of nitrogens with one attached hydrogen (secondary N) is 1. The van der Waals surface area contributed by atoms with Crippen molar-refractivity contribution in [1.82, 2.24) is 0 Å². The van der Waals surface area contributed by atoms with Crippen LogP contribution in [0.5, 0.6) is 0 Å². The highest BCUT2D eigenvalue weighted by Crippen LogP contribution is 2.23. The Labute approximate surface area is 111 Å². The molecule has 1 heterocycles. The van der Waals surface area contributed by atoms with Gasteiger partial charge in [-0.2, -0.15) is 0 Å². The van der Waals surface area contributed by atoms with E-state index in [2.05, 4.69) is 21.2 Å². The molecule has 88 valence electrons. The van der Waals surface area contributed by atoms with Crippen LogP contribution in [-0.2, 0) is 0 Å². The molecule has 5 heteroatoms. The zero-order valence-corrected chi connectivity index (χ0v) is 11.4. The van der Waals surface area contributed by atoms with Crippen LogP contribution in [0, 0.1) is 12.7 Å². The minimum Gasteiger partial charge on any atom is -0.321 e. The first-order valence-electron chi connectivity index (χ1n) is 4.89. The number of rotatable bonds is 2. The summed E-state index contributed by atoms with van der Waals surface area (Å²) >= 11 is 4.65. The highest BCUT2D eigenvalue weighted by atomic mass is 79.9. The quantitative estimate of drug-likeness (QED) is 0.884. The van der Waals surface area contributed by atoms with Gasteiger partial charge in [-0.05, 0) is 58.7 Å². The average molecular weight is 314 g/mol. The topological polar surface area (TPSA) is 29.1 Å². The lowest BCUT2D eigenvalue weighted by Crippen LogP contribution is -2.10. The van der Waals surface area contributed by atoms with Crippen LogP contribution >= 0.6 is 27.3 Å². The lowest BCUT2D eigenvalue weighted by molar-refractivity contribution is 0.103. The molecule has 0 radical (unpaired) electrons. The Morgan fingerprint density at radius 3 is 2.71 bits per heavy atom. The Kier molecular flexibility index (Phi) is 3.59. The second-order valence-corrected chi connectivity index (χ2v) is 5.98. The molecular formula is C12H9BrFNOS. The Balaban J connectivity index is 2.15. The smallest absolute Gasteiger partial charge is 0.265 e. The van der Waals surface area contributed by atoms with E-state index in [1.165, 1.54) is 17.4 Å². The minimum absolute atomic E-state index is 0.188. The number of benzene rings is 1. The number of thiophene rings is 1. The van der Waals surface area contributed by atoms with Gasteiger partial charge in [0.25, 0.3) is 5.91 Å². The van der Waals surface area contributed by atoms with E-state index in [9.17, 15) is 9.18 Å². The van der Waals surface area contributed by atoms with Crippen molar-refractivity contribution >= 4 is 38.9 Å². The summed E-state index contributed by atoms with van der Waals surface area (Å²) in [5.74, 6) is -0.464. The van der Waals surface area contributed by atoms with Gasteiger partial charge in [-0.1, -0.05) is 0 Å². The third-order valence-corrected chi connectivity index (χ3v) is 3.84. The molecule has 2 nitrogen and oxygen atoms in total. The Morgan fingerprint density at radius 1 is 1.35 bits per heavy atom. The van der Waals surface area contributed by atoms with Crippen LogP contribution in [0.25, 0.3) is 0 Å². The Hall–Kier alpha value is -1.20. The zero-order chi connectivity index (χ0) is 12.4. The summed E-state index contributed by atoms with van der Waals surface area (Å²) in [7, 11) is 0. The van der Waals surface area contributed by atoms with Crippen LogP contribution in [0.1, 0.15) is 15.2 Å². The van der Waals surface area contributed by atoms with Crippen molar-refractivity contribution < 1.29 is 9.18 Å². The molecule has 2 rings (SSSR count). The number of carbonyl (C=O) groups excluding carboxylic acids is 1. The fourth-order valence-electron chi connectivity index (χ4n) is 1.35. The first-order valence-corrected chi connectivity index (χ1v) is 6.50. The molecule has 0 bridgehead atoms. The van der Waals surface area contributed by atoms with Crippen LogP contribution in [-0.4, -0.2) is 5.91 Å². The third kappa shape index (κ3) is 2.92. The third-order valence-electron chi connectivity index (χ3n) is 2.21. The van der Waals surface area contributed by atoms with Crippen LogP contribution in [0.3, 0.4) is 0 Å². The zero-order valence-electron chi connectivity index (χ0n) is 8.96. The van der Waals surface area contributed by atoms with Gasteiger partial charge in [0.15, 0.2) is 0 Å². The van der Waals surface area contributed by atoms with Crippen molar-refractivity contribution in [3.05, 3.63) is 50.4 Å². The first-order chi connectivity index (χ1) is 8.06. The van der Waals surface area contributed by atoms with Crippen molar-refractivity contribution in [2.45, 2.75) is 6.92 Å². The van der Waals surface area contributed by atoms with Gasteiger partial charge in [0.05, 0.1) is 8.66 Å². The fraction of sp³-hybridized carbons (Fsp3) is 0.0833. The summed E-state index contributed by atoms with van der Waals surface area (Å²) in [6.07, 6.45) is 0. The number of amides is 1. The molecule has 17 heavy (non-hydrogen) atoms. The number of carbonyl (C=O) groups is 1. The van der Waals surface area contributed by atoms with Crippen molar-refractivity contribution in [1.29, 1.82) is 0 Å². The Morgan fingerprint density at radius 2 is 2.12 bits per heavy atom. The van der Waals surface area contributed by atoms with Crippen molar-refractivity contribution in [2.24, 2.45) is 0 Å². The molecule has 0 atom stereocenters. The molecule has 1 N–H and O–H groups in total. The van der Waals surface area contributed by atoms with Crippen molar-refractivity contribution in [2.75, 3.05) is 5.32 Å². The second-order valence-electron chi connectivity index (χ2n) is 3.52. The number of aryl methyl sites for hydroxylation is 1. The van der Waals surface area contributed by atoms with E-state index in [4.69, 9.17) is 0 Å². The van der Waals surface area contributed by atoms with E-state index in [1.807, 2.05) is 6.07 Å². The lowest BCUT2D eigenvalue weighted by Gasteiger charge is -2.04.